The lowest BCUT2D eigenvalue weighted by Crippen LogP contribution is -2.37. The number of phosphoric acid groups is 1. The average Bonchev–Trinajstić information content (AvgIpc) is 3.28. The Hall–Kier alpha value is -1.54. The zero-order valence-electron chi connectivity index (χ0n) is 44.1. The van der Waals surface area contributed by atoms with E-state index in [2.05, 4.69) is 62.5 Å². The van der Waals surface area contributed by atoms with Crippen molar-refractivity contribution in [3.05, 3.63) is 48.6 Å². The highest BCUT2D eigenvalue weighted by Gasteiger charge is 2.20. The first-order valence-corrected chi connectivity index (χ1v) is 29.3. The lowest BCUT2D eigenvalue weighted by atomic mass is 10.0. The maximum absolute atomic E-state index is 12.8. The zero-order chi connectivity index (χ0) is 48.3. The van der Waals surface area contributed by atoms with Gasteiger partial charge in [0, 0.05) is 13.0 Å². The molecule has 0 rings (SSSR count). The number of hydrogen-bond donors (Lipinski definition) is 0. The fraction of sp³-hybridized carbons (Fsp3) is 0.842. The Morgan fingerprint density at radius 2 is 0.879 bits per heavy atom. The average molecular weight is 950 g/mol. The van der Waals surface area contributed by atoms with Crippen molar-refractivity contribution < 1.29 is 37.3 Å². The van der Waals surface area contributed by atoms with Crippen molar-refractivity contribution in [3.63, 3.8) is 0 Å². The van der Waals surface area contributed by atoms with Crippen LogP contribution in [0.3, 0.4) is 0 Å². The van der Waals surface area contributed by atoms with Crippen molar-refractivity contribution in [2.45, 2.75) is 258 Å². The highest BCUT2D eigenvalue weighted by atomic mass is 31.2. The third-order valence-electron chi connectivity index (χ3n) is 12.1. The summed E-state index contributed by atoms with van der Waals surface area (Å²) in [6.45, 7) is 5.32. The highest BCUT2D eigenvalue weighted by molar-refractivity contribution is 7.45. The van der Waals surface area contributed by atoms with Crippen molar-refractivity contribution in [2.24, 2.45) is 0 Å². The minimum atomic E-state index is -4.54. The molecule has 0 aliphatic rings. The molecule has 9 heteroatoms. The summed E-state index contributed by atoms with van der Waals surface area (Å²) in [5.74, 6) is -0.344. The molecule has 0 radical (unpaired) electrons. The van der Waals surface area contributed by atoms with Gasteiger partial charge in [-0.15, -0.1) is 0 Å². The molecular weight excluding hydrogens is 842 g/mol. The van der Waals surface area contributed by atoms with Crippen molar-refractivity contribution in [1.29, 1.82) is 0 Å². The number of allylic oxidation sites excluding steroid dienone is 8. The maximum Gasteiger partial charge on any atom is 0.306 e. The van der Waals surface area contributed by atoms with Crippen LogP contribution < -0.4 is 4.89 Å². The van der Waals surface area contributed by atoms with Gasteiger partial charge in [-0.25, -0.2) is 0 Å². The lowest BCUT2D eigenvalue weighted by Gasteiger charge is -2.28. The summed E-state index contributed by atoms with van der Waals surface area (Å²) in [6, 6.07) is 0. The topological polar surface area (TPSA) is 94.1 Å². The summed E-state index contributed by atoms with van der Waals surface area (Å²) < 4.78 is 34.8. The number of rotatable bonds is 52. The van der Waals surface area contributed by atoms with Gasteiger partial charge in [0.05, 0.1) is 34.4 Å². The van der Waals surface area contributed by atoms with Crippen LogP contribution in [0.4, 0.5) is 0 Å². The molecule has 2 atom stereocenters. The van der Waals surface area contributed by atoms with E-state index < -0.39 is 13.9 Å². The molecule has 0 N–H and O–H groups in total. The third-order valence-corrected chi connectivity index (χ3v) is 13.1. The molecule has 0 aliphatic carbocycles. The molecule has 0 fully saturated rings. The Labute approximate surface area is 409 Å². The summed E-state index contributed by atoms with van der Waals surface area (Å²) in [5.41, 5.74) is 0. The van der Waals surface area contributed by atoms with Crippen LogP contribution in [0, 0.1) is 0 Å². The second-order valence-electron chi connectivity index (χ2n) is 19.9. The number of nitrogens with zero attached hydrogens (tertiary/aromatic N) is 1. The number of quaternary nitrogens is 1. The quantitative estimate of drug-likeness (QED) is 0.0197. The number of hydrogen-bond acceptors (Lipinski definition) is 7. The molecule has 0 heterocycles. The first-order chi connectivity index (χ1) is 32.1. The van der Waals surface area contributed by atoms with Gasteiger partial charge < -0.3 is 27.9 Å². The van der Waals surface area contributed by atoms with Gasteiger partial charge in [-0.1, -0.05) is 242 Å². The van der Waals surface area contributed by atoms with Gasteiger partial charge >= 0.3 is 5.97 Å². The molecule has 0 amide bonds. The van der Waals surface area contributed by atoms with E-state index in [0.29, 0.717) is 24.1 Å². The maximum atomic E-state index is 12.8. The monoisotopic (exact) mass is 950 g/mol. The molecule has 0 aliphatic heterocycles. The van der Waals surface area contributed by atoms with Crippen molar-refractivity contribution in [2.75, 3.05) is 54.1 Å². The van der Waals surface area contributed by atoms with E-state index in [4.69, 9.17) is 18.5 Å². The molecule has 0 spiro atoms. The van der Waals surface area contributed by atoms with Crippen molar-refractivity contribution in [1.82, 2.24) is 0 Å². The van der Waals surface area contributed by atoms with Crippen LogP contribution in [0.25, 0.3) is 0 Å². The number of carbonyl (C=O) groups is 1. The fourth-order valence-corrected chi connectivity index (χ4v) is 8.62. The SMILES string of the molecule is CC/C=C\C/C=C\C/C=C\C/C=C\CCCCCCCCC(=O)OC(COCCCCCCCCCCCCCCCCCCCCCCCCCCC)COP(=O)([O-])OCC[N+](C)(C)C. The molecule has 0 saturated heterocycles. The van der Waals surface area contributed by atoms with Gasteiger partial charge in [0.2, 0.25) is 0 Å². The minimum Gasteiger partial charge on any atom is -0.756 e. The Bertz CT molecular complexity index is 1200. The molecule has 0 aromatic rings. The van der Waals surface area contributed by atoms with E-state index in [0.717, 1.165) is 70.6 Å². The van der Waals surface area contributed by atoms with E-state index >= 15 is 0 Å². The van der Waals surface area contributed by atoms with Crippen molar-refractivity contribution >= 4 is 13.8 Å². The van der Waals surface area contributed by atoms with Gasteiger partial charge in [-0.2, -0.15) is 0 Å². The standard InChI is InChI=1S/C57H108NO7P/c1-6-8-10-12-14-16-18-20-22-24-26-27-28-29-30-31-33-35-37-39-41-43-45-47-49-52-62-54-56(55-64-66(60,61)63-53-51-58(3,4)5)65-57(59)50-48-46-44-42-40-38-36-34-32-25-23-21-19-17-15-13-11-9-7-2/h9,11,15,17,21,23,32,34,56H,6-8,10,12-14,16,18-20,22,24-31,33,35-55H2,1-5H3/b11-9-,17-15-,23-21-,34-32-. The first kappa shape index (κ1) is 64.5. The summed E-state index contributed by atoms with van der Waals surface area (Å²) in [4.78, 5) is 25.2. The van der Waals surface area contributed by atoms with E-state index in [9.17, 15) is 14.3 Å². The Morgan fingerprint density at radius 1 is 0.485 bits per heavy atom. The van der Waals surface area contributed by atoms with Crippen LogP contribution in [0.15, 0.2) is 48.6 Å². The Kier molecular flexibility index (Phi) is 48.7. The summed E-state index contributed by atoms with van der Waals surface area (Å²) in [5, 5.41) is 0. The fourth-order valence-electron chi connectivity index (χ4n) is 7.89. The Balaban J connectivity index is 4.07. The Morgan fingerprint density at radius 3 is 1.32 bits per heavy atom. The number of esters is 1. The van der Waals surface area contributed by atoms with Crippen LogP contribution in [0.5, 0.6) is 0 Å². The lowest BCUT2D eigenvalue weighted by molar-refractivity contribution is -0.870. The van der Waals surface area contributed by atoms with Crippen molar-refractivity contribution in [3.8, 4) is 0 Å². The first-order valence-electron chi connectivity index (χ1n) is 27.9. The van der Waals surface area contributed by atoms with E-state index in [1.807, 2.05) is 21.1 Å². The van der Waals surface area contributed by atoms with Crippen LogP contribution in [-0.2, 0) is 27.9 Å². The number of ether oxygens (including phenoxy) is 2. The summed E-state index contributed by atoms with van der Waals surface area (Å²) >= 11 is 0. The van der Waals surface area contributed by atoms with E-state index in [-0.39, 0.29) is 25.8 Å². The second-order valence-corrected chi connectivity index (χ2v) is 21.3. The van der Waals surface area contributed by atoms with Gasteiger partial charge in [0.15, 0.2) is 0 Å². The predicted octanol–water partition coefficient (Wildman–Crippen LogP) is 16.8. The molecule has 2 unspecified atom stereocenters. The van der Waals surface area contributed by atoms with Crippen LogP contribution in [-0.4, -0.2) is 70.7 Å². The smallest absolute Gasteiger partial charge is 0.306 e. The molecule has 0 saturated carbocycles. The normalized spacial score (nSPS) is 13.8. The molecule has 66 heavy (non-hydrogen) atoms. The predicted molar refractivity (Wildman–Crippen MR) is 282 cm³/mol. The minimum absolute atomic E-state index is 0.0231. The third kappa shape index (κ3) is 53.4. The molecule has 388 valence electrons. The number of unbranched alkanes of at least 4 members (excludes halogenated alkanes) is 30. The van der Waals surface area contributed by atoms with Gasteiger partial charge in [0.25, 0.3) is 7.82 Å². The second kappa shape index (κ2) is 49.9. The number of phosphoric ester groups is 1. The highest BCUT2D eigenvalue weighted by Crippen LogP contribution is 2.38. The van der Waals surface area contributed by atoms with Crippen LogP contribution >= 0.6 is 7.82 Å². The molecule has 0 aromatic heterocycles. The van der Waals surface area contributed by atoms with Crippen LogP contribution in [0.1, 0.15) is 251 Å². The molecule has 0 bridgehead atoms. The molecule has 8 nitrogen and oxygen atoms in total. The molecule has 0 aromatic carbocycles. The summed E-state index contributed by atoms with van der Waals surface area (Å²) in [7, 11) is 1.35. The zero-order valence-corrected chi connectivity index (χ0v) is 45.0. The summed E-state index contributed by atoms with van der Waals surface area (Å²) in [6.07, 6.45) is 63.0. The number of likely N-dealkylation sites (N-methyl/N-ethyl adjacent to an activating group) is 1. The van der Waals surface area contributed by atoms with E-state index in [1.165, 1.54) is 161 Å². The van der Waals surface area contributed by atoms with Gasteiger partial charge in [0.1, 0.15) is 19.3 Å². The van der Waals surface area contributed by atoms with Crippen LogP contribution in [0.2, 0.25) is 0 Å². The van der Waals surface area contributed by atoms with E-state index in [1.54, 1.807) is 0 Å². The van der Waals surface area contributed by atoms with Gasteiger partial charge in [-0.3, -0.25) is 9.36 Å². The number of carbonyl (C=O) groups excluding carboxylic acids is 1. The molecular formula is C57H108NO7P. The largest absolute Gasteiger partial charge is 0.756 e. The van der Waals surface area contributed by atoms with Gasteiger partial charge in [-0.05, 0) is 51.4 Å².